The van der Waals surface area contributed by atoms with Crippen LogP contribution in [0.4, 0.5) is 0 Å². The zero-order chi connectivity index (χ0) is 15.4. The number of rotatable bonds is 5. The number of carbonyl (C=O) groups excluding carboxylic acids is 1. The molecule has 2 aliphatic heterocycles. The van der Waals surface area contributed by atoms with Crippen molar-refractivity contribution in [2.45, 2.75) is 26.2 Å². The van der Waals surface area contributed by atoms with E-state index in [-0.39, 0.29) is 11.7 Å². The van der Waals surface area contributed by atoms with Crippen molar-refractivity contribution in [3.05, 3.63) is 29.3 Å². The first-order chi connectivity index (χ1) is 10.7. The van der Waals surface area contributed by atoms with E-state index in [1.807, 2.05) is 25.1 Å². The summed E-state index contributed by atoms with van der Waals surface area (Å²) < 4.78 is 11.0. The second-order valence-corrected chi connectivity index (χ2v) is 6.28. The van der Waals surface area contributed by atoms with Crippen LogP contribution >= 0.6 is 0 Å². The predicted octanol–water partition coefficient (Wildman–Crippen LogP) is 2.55. The van der Waals surface area contributed by atoms with Crippen LogP contribution in [0, 0.1) is 5.92 Å². The van der Waals surface area contributed by atoms with Gasteiger partial charge in [-0.2, -0.15) is 0 Å². The Morgan fingerprint density at radius 2 is 2.09 bits per heavy atom. The molecule has 22 heavy (non-hydrogen) atoms. The lowest BCUT2D eigenvalue weighted by atomic mass is 9.93. The fourth-order valence-electron chi connectivity index (χ4n) is 3.13. The van der Waals surface area contributed by atoms with Gasteiger partial charge in [0.05, 0.1) is 19.8 Å². The summed E-state index contributed by atoms with van der Waals surface area (Å²) in [7, 11) is 0. The van der Waals surface area contributed by atoms with E-state index < -0.39 is 0 Å². The fourth-order valence-corrected chi connectivity index (χ4v) is 3.13. The summed E-state index contributed by atoms with van der Waals surface area (Å²) in [4.78, 5) is 15.0. The third-order valence-corrected chi connectivity index (χ3v) is 4.62. The number of ketones is 1. The van der Waals surface area contributed by atoms with Crippen LogP contribution in [0.15, 0.2) is 18.2 Å². The normalized spacial score (nSPS) is 20.0. The Bertz CT molecular complexity index is 523. The van der Waals surface area contributed by atoms with Gasteiger partial charge in [-0.1, -0.05) is 6.92 Å². The smallest absolute Gasteiger partial charge is 0.165 e. The topological polar surface area (TPSA) is 38.8 Å². The molecular weight excluding hydrogens is 278 g/mol. The summed E-state index contributed by atoms with van der Waals surface area (Å²) in [6, 6.07) is 5.90. The lowest BCUT2D eigenvalue weighted by Crippen LogP contribution is -2.37. The number of fused-ring (bicyclic) bond motifs is 1. The van der Waals surface area contributed by atoms with Crippen molar-refractivity contribution in [2.75, 3.05) is 39.5 Å². The second kappa shape index (κ2) is 7.25. The molecule has 120 valence electrons. The molecule has 4 nitrogen and oxygen atoms in total. The van der Waals surface area contributed by atoms with Gasteiger partial charge in [-0.3, -0.25) is 9.69 Å². The molecule has 0 radical (unpaired) electrons. The summed E-state index contributed by atoms with van der Waals surface area (Å²) in [5.74, 6) is 1.26. The monoisotopic (exact) mass is 303 g/mol. The van der Waals surface area contributed by atoms with Gasteiger partial charge in [-0.05, 0) is 49.6 Å². The van der Waals surface area contributed by atoms with Gasteiger partial charge in [0.1, 0.15) is 5.75 Å². The van der Waals surface area contributed by atoms with Crippen molar-refractivity contribution in [3.8, 4) is 5.75 Å². The zero-order valence-corrected chi connectivity index (χ0v) is 13.3. The first kappa shape index (κ1) is 15.5. The Morgan fingerprint density at radius 1 is 1.27 bits per heavy atom. The SMILES string of the molecule is CC(CCN1CCOCC1)C(=O)c1ccc2c(c1)CCCO2. The lowest BCUT2D eigenvalue weighted by molar-refractivity contribution is 0.0355. The van der Waals surface area contributed by atoms with E-state index in [0.717, 1.165) is 70.0 Å². The minimum Gasteiger partial charge on any atom is -0.493 e. The lowest BCUT2D eigenvalue weighted by Gasteiger charge is -2.27. The summed E-state index contributed by atoms with van der Waals surface area (Å²) in [6.07, 6.45) is 2.96. The Balaban J connectivity index is 1.57. The first-order valence-corrected chi connectivity index (χ1v) is 8.34. The standard InChI is InChI=1S/C18H25NO3/c1-14(6-7-19-8-11-21-12-9-19)18(20)16-4-5-17-15(13-16)3-2-10-22-17/h4-5,13-14H,2-3,6-12H2,1H3. The molecule has 0 N–H and O–H groups in total. The summed E-state index contributed by atoms with van der Waals surface area (Å²) in [5, 5.41) is 0. The molecule has 1 atom stereocenters. The maximum absolute atomic E-state index is 12.6. The Labute approximate surface area is 132 Å². The van der Waals surface area contributed by atoms with Gasteiger partial charge in [-0.15, -0.1) is 0 Å². The van der Waals surface area contributed by atoms with Crippen LogP contribution in [0.1, 0.15) is 35.7 Å². The van der Waals surface area contributed by atoms with E-state index in [4.69, 9.17) is 9.47 Å². The Kier molecular flexibility index (Phi) is 5.11. The number of hydrogen-bond donors (Lipinski definition) is 0. The van der Waals surface area contributed by atoms with Gasteiger partial charge in [-0.25, -0.2) is 0 Å². The fraction of sp³-hybridized carbons (Fsp3) is 0.611. The van der Waals surface area contributed by atoms with Gasteiger partial charge in [0.15, 0.2) is 5.78 Å². The largest absolute Gasteiger partial charge is 0.493 e. The van der Waals surface area contributed by atoms with Crippen molar-refractivity contribution >= 4 is 5.78 Å². The molecule has 1 aromatic carbocycles. The molecule has 1 unspecified atom stereocenters. The van der Waals surface area contributed by atoms with Crippen LogP contribution in [0.3, 0.4) is 0 Å². The predicted molar refractivity (Wildman–Crippen MR) is 85.6 cm³/mol. The van der Waals surface area contributed by atoms with Gasteiger partial charge in [0, 0.05) is 24.6 Å². The average molecular weight is 303 g/mol. The van der Waals surface area contributed by atoms with Crippen molar-refractivity contribution in [3.63, 3.8) is 0 Å². The molecule has 4 heteroatoms. The maximum atomic E-state index is 12.6. The van der Waals surface area contributed by atoms with Crippen molar-refractivity contribution in [2.24, 2.45) is 5.92 Å². The van der Waals surface area contributed by atoms with Crippen molar-refractivity contribution in [1.29, 1.82) is 0 Å². The summed E-state index contributed by atoms with van der Waals surface area (Å²) >= 11 is 0. The average Bonchev–Trinajstić information content (AvgIpc) is 2.59. The maximum Gasteiger partial charge on any atom is 0.165 e. The van der Waals surface area contributed by atoms with Crippen LogP contribution in [-0.4, -0.2) is 50.1 Å². The molecule has 1 fully saturated rings. The highest BCUT2D eigenvalue weighted by atomic mass is 16.5. The molecule has 1 saturated heterocycles. The molecule has 0 amide bonds. The highest BCUT2D eigenvalue weighted by molar-refractivity contribution is 5.98. The van der Waals surface area contributed by atoms with E-state index in [9.17, 15) is 4.79 Å². The number of ether oxygens (including phenoxy) is 2. The van der Waals surface area contributed by atoms with Gasteiger partial charge in [0.2, 0.25) is 0 Å². The molecule has 0 spiro atoms. The van der Waals surface area contributed by atoms with Crippen molar-refractivity contribution < 1.29 is 14.3 Å². The van der Waals surface area contributed by atoms with Gasteiger partial charge >= 0.3 is 0 Å². The number of benzene rings is 1. The van der Waals surface area contributed by atoms with Crippen molar-refractivity contribution in [1.82, 2.24) is 4.90 Å². The Hall–Kier alpha value is -1.39. The number of nitrogens with zero attached hydrogens (tertiary/aromatic N) is 1. The molecule has 0 saturated carbocycles. The summed E-state index contributed by atoms with van der Waals surface area (Å²) in [6.45, 7) is 7.40. The molecule has 3 rings (SSSR count). The van der Waals surface area contributed by atoms with E-state index in [2.05, 4.69) is 4.90 Å². The Morgan fingerprint density at radius 3 is 2.91 bits per heavy atom. The highest BCUT2D eigenvalue weighted by Crippen LogP contribution is 2.26. The van der Waals surface area contributed by atoms with Crippen LogP contribution in [-0.2, 0) is 11.2 Å². The second-order valence-electron chi connectivity index (χ2n) is 6.28. The number of hydrogen-bond acceptors (Lipinski definition) is 4. The molecular formula is C18H25NO3. The summed E-state index contributed by atoms with van der Waals surface area (Å²) in [5.41, 5.74) is 2.01. The third-order valence-electron chi connectivity index (χ3n) is 4.62. The van der Waals surface area contributed by atoms with Crippen LogP contribution in [0.25, 0.3) is 0 Å². The minimum absolute atomic E-state index is 0.0606. The molecule has 2 heterocycles. The van der Waals surface area contributed by atoms with Gasteiger partial charge < -0.3 is 9.47 Å². The number of carbonyl (C=O) groups is 1. The van der Waals surface area contributed by atoms with E-state index >= 15 is 0 Å². The third kappa shape index (κ3) is 3.68. The van der Waals surface area contributed by atoms with Crippen LogP contribution < -0.4 is 4.74 Å². The molecule has 2 aliphatic rings. The number of aryl methyl sites for hydroxylation is 1. The zero-order valence-electron chi connectivity index (χ0n) is 13.3. The minimum atomic E-state index is 0.0606. The van der Waals surface area contributed by atoms with E-state index in [0.29, 0.717) is 0 Å². The van der Waals surface area contributed by atoms with Crippen LogP contribution in [0.2, 0.25) is 0 Å². The van der Waals surface area contributed by atoms with E-state index in [1.165, 1.54) is 5.56 Å². The first-order valence-electron chi connectivity index (χ1n) is 8.34. The van der Waals surface area contributed by atoms with E-state index in [1.54, 1.807) is 0 Å². The molecule has 1 aromatic rings. The van der Waals surface area contributed by atoms with Crippen LogP contribution in [0.5, 0.6) is 5.75 Å². The molecule has 0 aromatic heterocycles. The van der Waals surface area contributed by atoms with Gasteiger partial charge in [0.25, 0.3) is 0 Å². The molecule has 0 aliphatic carbocycles. The highest BCUT2D eigenvalue weighted by Gasteiger charge is 2.19. The molecule has 0 bridgehead atoms. The number of morpholine rings is 1. The quantitative estimate of drug-likeness (QED) is 0.784. The number of Topliss-reactive ketones (excluding diaryl/α,β-unsaturated/α-hetero) is 1.